The Balaban J connectivity index is 0.00000506. The van der Waals surface area contributed by atoms with Crippen LogP contribution in [0.4, 0.5) is 0 Å². The first-order valence-corrected chi connectivity index (χ1v) is 14.0. The molecule has 14 heteroatoms. The highest BCUT2D eigenvalue weighted by Crippen LogP contribution is 2.51. The number of halogens is 1. The lowest BCUT2D eigenvalue weighted by molar-refractivity contribution is -0.184. The predicted octanol–water partition coefficient (Wildman–Crippen LogP) is 2.17. The minimum absolute atomic E-state index is 0. The first-order valence-electron chi connectivity index (χ1n) is 13.1. The third-order valence-corrected chi connectivity index (χ3v) is 8.69. The molecule has 0 aliphatic carbocycles. The zero-order valence-corrected chi connectivity index (χ0v) is 25.6. The number of benzene rings is 2. The van der Waals surface area contributed by atoms with Crippen molar-refractivity contribution in [3.63, 3.8) is 0 Å². The number of ether oxygens (including phenoxy) is 3. The molecule has 0 aromatic heterocycles. The van der Waals surface area contributed by atoms with E-state index in [-0.39, 0.29) is 24.8 Å². The number of aromatic hydroxyl groups is 1. The van der Waals surface area contributed by atoms with E-state index in [1.807, 2.05) is 6.07 Å². The van der Waals surface area contributed by atoms with Crippen LogP contribution in [0.5, 0.6) is 5.75 Å². The summed E-state index contributed by atoms with van der Waals surface area (Å²) in [5.41, 5.74) is 5.58. The number of phenolic OH excluding ortho intramolecular Hbond substituents is 1. The molecular formula is C29H34ClN3O9S. The van der Waals surface area contributed by atoms with Gasteiger partial charge in [0.2, 0.25) is 18.6 Å². The molecule has 2 aliphatic rings. The maximum atomic E-state index is 13.0. The fourth-order valence-electron chi connectivity index (χ4n) is 4.59. The summed E-state index contributed by atoms with van der Waals surface area (Å²) in [6.45, 7) is 5.41. The number of thioether (sulfide) groups is 1. The lowest BCUT2D eigenvalue weighted by Crippen LogP contribution is -2.71. The van der Waals surface area contributed by atoms with Gasteiger partial charge in [-0.15, -0.1) is 24.2 Å². The van der Waals surface area contributed by atoms with Crippen LogP contribution in [0.3, 0.4) is 0 Å². The van der Waals surface area contributed by atoms with Gasteiger partial charge in [0.25, 0.3) is 0 Å². The molecule has 0 bridgehead atoms. The lowest BCUT2D eigenvalue weighted by Gasteiger charge is -2.44. The van der Waals surface area contributed by atoms with Crippen molar-refractivity contribution in [3.05, 3.63) is 65.7 Å². The van der Waals surface area contributed by atoms with Gasteiger partial charge in [-0.2, -0.15) is 0 Å². The second kappa shape index (κ2) is 13.2. The Kier molecular flexibility index (Phi) is 10.4. The van der Waals surface area contributed by atoms with Crippen molar-refractivity contribution in [2.24, 2.45) is 11.1 Å². The number of hydrogen-bond acceptors (Lipinski definition) is 11. The molecule has 4 N–H and O–H groups in total. The molecule has 2 aromatic rings. The number of nitrogens with one attached hydrogen (secondary N) is 1. The third kappa shape index (κ3) is 7.06. The summed E-state index contributed by atoms with van der Waals surface area (Å²) in [4.78, 5) is 65.2. The van der Waals surface area contributed by atoms with Crippen molar-refractivity contribution in [3.8, 4) is 5.75 Å². The highest BCUT2D eigenvalue weighted by molar-refractivity contribution is 8.01. The Bertz CT molecular complexity index is 1370. The van der Waals surface area contributed by atoms with Gasteiger partial charge in [-0.3, -0.25) is 19.2 Å². The summed E-state index contributed by atoms with van der Waals surface area (Å²) in [5, 5.41) is 11.6. The highest BCUT2D eigenvalue weighted by atomic mass is 35.5. The third-order valence-electron chi connectivity index (χ3n) is 7.12. The van der Waals surface area contributed by atoms with Gasteiger partial charge in [0.15, 0.2) is 5.41 Å². The second-order valence-corrected chi connectivity index (χ2v) is 12.8. The first-order chi connectivity index (χ1) is 19.7. The van der Waals surface area contributed by atoms with E-state index in [4.69, 9.17) is 19.9 Å². The molecule has 2 aliphatic heterocycles. The van der Waals surface area contributed by atoms with E-state index in [0.717, 1.165) is 5.56 Å². The molecule has 4 rings (SSSR count). The van der Waals surface area contributed by atoms with Crippen LogP contribution < -0.4 is 11.1 Å². The van der Waals surface area contributed by atoms with Gasteiger partial charge >= 0.3 is 17.9 Å². The standard InChI is InChI=1S/C29H33N3O9S.ClH/c1-28(2,26(37)39-14-16-8-6-5-7-9-16)27(38)41-15-40-25(36)21-29(3,4)42-24-20(23(35)32(21)24)31-22(34)19(30)17-10-12-18(33)13-11-17;/h5-13,19-21,24,33H,14-15,30H2,1-4H3,(H,31,34);1H/t19?,20-,21+,24-;/m1./s1. The van der Waals surface area contributed by atoms with Crippen LogP contribution in [0.15, 0.2) is 54.6 Å². The summed E-state index contributed by atoms with van der Waals surface area (Å²) in [7, 11) is 0. The topological polar surface area (TPSA) is 175 Å². The fourth-order valence-corrected chi connectivity index (χ4v) is 6.21. The highest BCUT2D eigenvalue weighted by Gasteiger charge is 2.64. The quantitative estimate of drug-likeness (QED) is 0.151. The molecule has 2 heterocycles. The Morgan fingerprint density at radius 3 is 2.26 bits per heavy atom. The van der Waals surface area contributed by atoms with Gasteiger partial charge in [-0.05, 0) is 51.0 Å². The number of fused-ring (bicyclic) bond motifs is 1. The maximum absolute atomic E-state index is 13.0. The Hall–Kier alpha value is -3.81. The average Bonchev–Trinajstić information content (AvgIpc) is 3.22. The van der Waals surface area contributed by atoms with Crippen molar-refractivity contribution in [2.75, 3.05) is 6.79 Å². The first kappa shape index (κ1) is 33.7. The normalized spacial score (nSPS) is 20.9. The van der Waals surface area contributed by atoms with Crippen molar-refractivity contribution in [1.82, 2.24) is 10.2 Å². The van der Waals surface area contributed by atoms with Crippen LogP contribution >= 0.6 is 24.2 Å². The Morgan fingerprint density at radius 2 is 1.63 bits per heavy atom. The van der Waals surface area contributed by atoms with E-state index in [1.165, 1.54) is 54.8 Å². The van der Waals surface area contributed by atoms with Crippen LogP contribution in [-0.2, 0) is 44.8 Å². The molecule has 0 spiro atoms. The minimum Gasteiger partial charge on any atom is -0.508 e. The SMILES string of the molecule is CC(C)(C(=O)OCOC(=O)[C@@H]1N2C(=O)[C@@H](NC(=O)C(N)c3ccc(O)cc3)[C@H]2SC1(C)C)C(=O)OCc1ccccc1.Cl. The Labute approximate surface area is 259 Å². The summed E-state index contributed by atoms with van der Waals surface area (Å²) < 4.78 is 14.7. The van der Waals surface area contributed by atoms with Gasteiger partial charge < -0.3 is 35.3 Å². The van der Waals surface area contributed by atoms with Crippen molar-refractivity contribution < 1.29 is 43.3 Å². The molecule has 0 saturated carbocycles. The van der Waals surface area contributed by atoms with E-state index >= 15 is 0 Å². The van der Waals surface area contributed by atoms with Crippen molar-refractivity contribution in [1.29, 1.82) is 0 Å². The number of hydrogen-bond donors (Lipinski definition) is 3. The van der Waals surface area contributed by atoms with E-state index in [1.54, 1.807) is 38.1 Å². The van der Waals surface area contributed by atoms with Crippen molar-refractivity contribution >= 4 is 53.9 Å². The zero-order valence-electron chi connectivity index (χ0n) is 24.0. The number of β-lactam (4-membered cyclic amide) rings is 1. The molecule has 0 radical (unpaired) electrons. The van der Waals surface area contributed by atoms with Gasteiger partial charge in [0.05, 0.1) is 0 Å². The van der Waals surface area contributed by atoms with E-state index in [9.17, 15) is 29.1 Å². The zero-order chi connectivity index (χ0) is 30.8. The van der Waals surface area contributed by atoms with Crippen LogP contribution in [0, 0.1) is 5.41 Å². The monoisotopic (exact) mass is 635 g/mol. The molecule has 2 fully saturated rings. The van der Waals surface area contributed by atoms with E-state index in [2.05, 4.69) is 5.32 Å². The molecule has 4 atom stereocenters. The smallest absolute Gasteiger partial charge is 0.333 e. The summed E-state index contributed by atoms with van der Waals surface area (Å²) in [6, 6.07) is 11.8. The molecule has 2 saturated heterocycles. The number of rotatable bonds is 10. The maximum Gasteiger partial charge on any atom is 0.333 e. The molecule has 2 amide bonds. The van der Waals surface area contributed by atoms with Gasteiger partial charge in [-0.25, -0.2) is 4.79 Å². The molecule has 1 unspecified atom stereocenters. The minimum atomic E-state index is -1.66. The van der Waals surface area contributed by atoms with Gasteiger partial charge in [0, 0.05) is 4.75 Å². The van der Waals surface area contributed by atoms with Gasteiger partial charge in [0.1, 0.15) is 35.9 Å². The van der Waals surface area contributed by atoms with E-state index < -0.39 is 70.2 Å². The molecule has 2 aromatic carbocycles. The summed E-state index contributed by atoms with van der Waals surface area (Å²) in [5.74, 6) is -3.59. The molecular weight excluding hydrogens is 602 g/mol. The number of nitrogens with zero attached hydrogens (tertiary/aromatic N) is 1. The number of esters is 3. The largest absolute Gasteiger partial charge is 0.508 e. The average molecular weight is 636 g/mol. The summed E-state index contributed by atoms with van der Waals surface area (Å²) >= 11 is 1.32. The van der Waals surface area contributed by atoms with Crippen LogP contribution in [0.2, 0.25) is 0 Å². The van der Waals surface area contributed by atoms with Crippen molar-refractivity contribution in [2.45, 2.75) is 62.5 Å². The molecule has 43 heavy (non-hydrogen) atoms. The number of carbonyl (C=O) groups excluding carboxylic acids is 5. The van der Waals surface area contributed by atoms with Crippen LogP contribution in [-0.4, -0.2) is 68.7 Å². The summed E-state index contributed by atoms with van der Waals surface area (Å²) in [6.07, 6.45) is 0. The number of nitrogens with two attached hydrogens (primary N) is 1. The second-order valence-electron chi connectivity index (χ2n) is 11.0. The Morgan fingerprint density at radius 1 is 1.02 bits per heavy atom. The number of amides is 2. The molecule has 232 valence electrons. The fraction of sp³-hybridized carbons (Fsp3) is 0.414. The number of carbonyl (C=O) groups is 5. The van der Waals surface area contributed by atoms with Gasteiger partial charge in [-0.1, -0.05) is 42.5 Å². The van der Waals surface area contributed by atoms with Crippen LogP contribution in [0.1, 0.15) is 44.9 Å². The predicted molar refractivity (Wildman–Crippen MR) is 157 cm³/mol. The number of phenols is 1. The van der Waals surface area contributed by atoms with Crippen LogP contribution in [0.25, 0.3) is 0 Å². The molecule has 12 nitrogen and oxygen atoms in total. The van der Waals surface area contributed by atoms with E-state index in [0.29, 0.717) is 5.56 Å². The lowest BCUT2D eigenvalue weighted by atomic mass is 9.94.